The minimum absolute atomic E-state index is 0.0327. The van der Waals surface area contributed by atoms with Crippen LogP contribution < -0.4 is 10.6 Å². The number of carbonyl (C=O) groups is 2. The third-order valence-corrected chi connectivity index (χ3v) is 9.18. The van der Waals surface area contributed by atoms with Gasteiger partial charge in [0.25, 0.3) is 0 Å². The lowest BCUT2D eigenvalue weighted by atomic mass is 9.98. The number of rotatable bonds is 14. The second-order valence-electron chi connectivity index (χ2n) is 12.7. The zero-order valence-corrected chi connectivity index (χ0v) is 28.8. The van der Waals surface area contributed by atoms with Gasteiger partial charge in [-0.15, -0.1) is 0 Å². The Morgan fingerprint density at radius 2 is 1.48 bits per heavy atom. The Kier molecular flexibility index (Phi) is 13.1. The molecule has 2 amide bonds. The first-order chi connectivity index (χ1) is 24.2. The van der Waals surface area contributed by atoms with Crippen LogP contribution in [0.2, 0.25) is 0 Å². The molecule has 4 aromatic carbocycles. The fourth-order valence-corrected chi connectivity index (χ4v) is 6.06. The van der Waals surface area contributed by atoms with Gasteiger partial charge in [-0.3, -0.25) is 4.90 Å². The minimum atomic E-state index is -0.824. The molecular weight excluding hydrogens is 634 g/mol. The first kappa shape index (κ1) is 36.7. The number of ether oxygens (including phenoxy) is 3. The summed E-state index contributed by atoms with van der Waals surface area (Å²) in [4.78, 5) is 27.2. The van der Waals surface area contributed by atoms with Crippen LogP contribution in [0, 0.1) is 0 Å². The predicted octanol–water partition coefficient (Wildman–Crippen LogP) is 5.36. The monoisotopic (exact) mass is 681 g/mol. The van der Waals surface area contributed by atoms with E-state index in [4.69, 9.17) is 14.2 Å². The van der Waals surface area contributed by atoms with Crippen LogP contribution in [-0.4, -0.2) is 66.0 Å². The van der Waals surface area contributed by atoms with Crippen LogP contribution in [0.5, 0.6) is 0 Å². The Morgan fingerprint density at radius 1 is 0.860 bits per heavy atom. The molecule has 4 N–H and O–H groups in total. The molecule has 6 atom stereocenters. The molecule has 0 saturated carbocycles. The fourth-order valence-electron chi connectivity index (χ4n) is 6.06. The van der Waals surface area contributed by atoms with Gasteiger partial charge in [-0.2, -0.15) is 0 Å². The van der Waals surface area contributed by atoms with Crippen molar-refractivity contribution >= 4 is 12.0 Å². The molecule has 1 fully saturated rings. The highest BCUT2D eigenvalue weighted by molar-refractivity contribution is 5.83. The van der Waals surface area contributed by atoms with Gasteiger partial charge in [-0.25, -0.2) is 9.59 Å². The van der Waals surface area contributed by atoms with Crippen LogP contribution in [0.1, 0.15) is 65.2 Å². The van der Waals surface area contributed by atoms with Crippen LogP contribution in [0.4, 0.5) is 4.79 Å². The van der Waals surface area contributed by atoms with E-state index < -0.39 is 30.4 Å². The van der Waals surface area contributed by atoms with Crippen molar-refractivity contribution in [1.29, 1.82) is 0 Å². The summed E-state index contributed by atoms with van der Waals surface area (Å²) in [6.45, 7) is 2.79. The van der Waals surface area contributed by atoms with E-state index in [0.29, 0.717) is 19.4 Å². The number of aliphatic hydroxyl groups is 2. The van der Waals surface area contributed by atoms with Crippen molar-refractivity contribution in [3.8, 4) is 0 Å². The number of nitrogens with one attached hydrogen (secondary N) is 2. The third-order valence-electron chi connectivity index (χ3n) is 9.18. The molecule has 1 aliphatic heterocycles. The molecule has 4 aromatic rings. The van der Waals surface area contributed by atoms with Gasteiger partial charge >= 0.3 is 12.0 Å². The van der Waals surface area contributed by atoms with E-state index in [2.05, 4.69) is 15.5 Å². The number of urea groups is 1. The molecule has 1 aliphatic rings. The molecule has 10 heteroatoms. The molecule has 1 heterocycles. The Bertz CT molecular complexity index is 1640. The number of hydrogen-bond acceptors (Lipinski definition) is 8. The largest absolute Gasteiger partial charge is 0.467 e. The Labute approximate surface area is 294 Å². The van der Waals surface area contributed by atoms with Gasteiger partial charge in [0.05, 0.1) is 32.0 Å². The van der Waals surface area contributed by atoms with Gasteiger partial charge in [0.1, 0.15) is 6.04 Å². The molecule has 0 aromatic heterocycles. The average Bonchev–Trinajstić information content (AvgIpc) is 3.16. The lowest BCUT2D eigenvalue weighted by Crippen LogP contribution is -2.47. The summed E-state index contributed by atoms with van der Waals surface area (Å²) >= 11 is 0. The molecule has 0 radical (unpaired) electrons. The highest BCUT2D eigenvalue weighted by Crippen LogP contribution is 2.38. The van der Waals surface area contributed by atoms with E-state index in [9.17, 15) is 19.8 Å². The molecule has 264 valence electrons. The third kappa shape index (κ3) is 9.99. The van der Waals surface area contributed by atoms with Gasteiger partial charge in [-0.05, 0) is 41.8 Å². The summed E-state index contributed by atoms with van der Waals surface area (Å²) in [6, 6.07) is 33.0. The highest BCUT2D eigenvalue weighted by Gasteiger charge is 2.34. The minimum Gasteiger partial charge on any atom is -0.467 e. The van der Waals surface area contributed by atoms with Crippen molar-refractivity contribution in [2.24, 2.45) is 0 Å². The summed E-state index contributed by atoms with van der Waals surface area (Å²) in [7, 11) is 3.29. The zero-order chi connectivity index (χ0) is 35.5. The Morgan fingerprint density at radius 3 is 2.12 bits per heavy atom. The number of esters is 1. The Hall–Kier alpha value is -4.58. The van der Waals surface area contributed by atoms with Crippen molar-refractivity contribution in [3.63, 3.8) is 0 Å². The predicted molar refractivity (Wildman–Crippen MR) is 190 cm³/mol. The van der Waals surface area contributed by atoms with E-state index >= 15 is 0 Å². The highest BCUT2D eigenvalue weighted by atomic mass is 16.7. The molecule has 10 nitrogen and oxygen atoms in total. The number of carbonyl (C=O) groups excluding carboxylic acids is 2. The molecule has 0 unspecified atom stereocenters. The van der Waals surface area contributed by atoms with Crippen molar-refractivity contribution in [2.45, 2.75) is 69.6 Å². The van der Waals surface area contributed by atoms with E-state index in [-0.39, 0.29) is 31.4 Å². The molecular formula is C40H47N3O7. The van der Waals surface area contributed by atoms with Crippen molar-refractivity contribution < 1.29 is 34.0 Å². The van der Waals surface area contributed by atoms with E-state index in [1.165, 1.54) is 7.11 Å². The first-order valence-corrected chi connectivity index (χ1v) is 16.9. The molecule has 0 aliphatic carbocycles. The number of methoxy groups -OCH3 is 1. The summed E-state index contributed by atoms with van der Waals surface area (Å²) in [6.07, 6.45) is -0.831. The van der Waals surface area contributed by atoms with Gasteiger partial charge in [0, 0.05) is 37.5 Å². The van der Waals surface area contributed by atoms with E-state index in [1.807, 2.05) is 123 Å². The fraction of sp³-hybridized carbons (Fsp3) is 0.350. The van der Waals surface area contributed by atoms with Crippen LogP contribution in [0.3, 0.4) is 0 Å². The lowest BCUT2D eigenvalue weighted by molar-refractivity contribution is -0.253. The van der Waals surface area contributed by atoms with Gasteiger partial charge in [0.15, 0.2) is 6.29 Å². The standard InChI is InChI=1S/C40H47N3O7/c1-27(37(45)32-12-8-5-9-13-32)43(2)25-34-23-36(31-18-16-30(26-44)17-19-31)50-39(49-34)33-20-14-29(15-21-33)24-41-40(47)42-35(38(46)48-3)22-28-10-6-4-7-11-28/h4-21,27,34-37,39,44-45H,22-26H2,1-3H3,(H2,41,42,47)/t27-,34+,35+,36-,37-,39-/m1/s1. The molecule has 5 rings (SSSR count). The van der Waals surface area contributed by atoms with Crippen LogP contribution >= 0.6 is 0 Å². The average molecular weight is 682 g/mol. The molecule has 50 heavy (non-hydrogen) atoms. The van der Waals surface area contributed by atoms with Gasteiger partial charge < -0.3 is 35.1 Å². The van der Waals surface area contributed by atoms with Gasteiger partial charge in [-0.1, -0.05) is 109 Å². The number of nitrogens with zero attached hydrogens (tertiary/aromatic N) is 1. The van der Waals surface area contributed by atoms with Crippen molar-refractivity contribution in [2.75, 3.05) is 20.7 Å². The maximum atomic E-state index is 12.8. The summed E-state index contributed by atoms with van der Waals surface area (Å²) in [5.41, 5.74) is 5.27. The van der Waals surface area contributed by atoms with E-state index in [1.54, 1.807) is 0 Å². The maximum Gasteiger partial charge on any atom is 0.328 e. The number of aliphatic hydroxyl groups excluding tert-OH is 2. The smallest absolute Gasteiger partial charge is 0.328 e. The number of hydrogen-bond donors (Lipinski definition) is 4. The summed E-state index contributed by atoms with van der Waals surface area (Å²) in [5, 5.41) is 26.2. The second kappa shape index (κ2) is 17.9. The van der Waals surface area contributed by atoms with Crippen molar-refractivity contribution in [1.82, 2.24) is 15.5 Å². The summed E-state index contributed by atoms with van der Waals surface area (Å²) in [5.74, 6) is -0.519. The summed E-state index contributed by atoms with van der Waals surface area (Å²) < 4.78 is 17.9. The molecule has 0 spiro atoms. The number of benzene rings is 4. The normalized spacial score (nSPS) is 19.3. The quantitative estimate of drug-likeness (QED) is 0.131. The first-order valence-electron chi connectivity index (χ1n) is 16.9. The van der Waals surface area contributed by atoms with Gasteiger partial charge in [0.2, 0.25) is 0 Å². The zero-order valence-electron chi connectivity index (χ0n) is 28.8. The van der Waals surface area contributed by atoms with E-state index in [0.717, 1.165) is 33.4 Å². The SMILES string of the molecule is COC(=O)[C@H](Cc1ccccc1)NC(=O)NCc1ccc([C@@H]2O[C@H](CN(C)[C@H](C)[C@@H](O)c3ccccc3)C[C@H](c3ccc(CO)cc3)O2)cc1. The number of amides is 2. The van der Waals surface area contributed by atoms with Crippen LogP contribution in [0.15, 0.2) is 109 Å². The lowest BCUT2D eigenvalue weighted by Gasteiger charge is -2.39. The van der Waals surface area contributed by atoms with Crippen LogP contribution in [-0.2, 0) is 38.6 Å². The maximum absolute atomic E-state index is 12.8. The van der Waals surface area contributed by atoms with Crippen molar-refractivity contribution in [3.05, 3.63) is 143 Å². The number of likely N-dealkylation sites (N-methyl/N-ethyl adjacent to an activating group) is 1. The second-order valence-corrected chi connectivity index (χ2v) is 12.7. The molecule has 1 saturated heterocycles. The Balaban J connectivity index is 1.23. The van der Waals surface area contributed by atoms with Crippen LogP contribution in [0.25, 0.3) is 0 Å². The molecule has 0 bridgehead atoms. The topological polar surface area (TPSA) is 130 Å².